The Morgan fingerprint density at radius 1 is 1.09 bits per heavy atom. The maximum absolute atomic E-state index is 17.0. The van der Waals surface area contributed by atoms with Crippen molar-refractivity contribution < 1.29 is 32.9 Å². The van der Waals surface area contributed by atoms with E-state index in [-0.39, 0.29) is 51.0 Å². The van der Waals surface area contributed by atoms with Gasteiger partial charge in [-0.05, 0) is 108 Å². The van der Waals surface area contributed by atoms with Gasteiger partial charge in [0.1, 0.15) is 34.2 Å². The number of benzene rings is 2. The Balaban J connectivity index is 1.05. The van der Waals surface area contributed by atoms with E-state index >= 15 is 4.39 Å². The van der Waals surface area contributed by atoms with Gasteiger partial charge in [0.25, 0.3) is 0 Å². The van der Waals surface area contributed by atoms with Gasteiger partial charge in [-0.25, -0.2) is 13.6 Å². The number of aromatic nitrogens is 3. The zero-order valence-electron chi connectivity index (χ0n) is 33.1. The molecule has 11 nitrogen and oxygen atoms in total. The van der Waals surface area contributed by atoms with E-state index in [9.17, 15) is 14.3 Å². The Morgan fingerprint density at radius 2 is 1.91 bits per heavy atom. The van der Waals surface area contributed by atoms with E-state index in [0.29, 0.717) is 73.9 Å². The van der Waals surface area contributed by atoms with Crippen molar-refractivity contribution in [3.63, 3.8) is 0 Å². The SMILES string of the molecule is C#Cc1c(F)ccc2cc(O)cc(-c3ncc4c(N5CCCOCC5)nc(OCC56CCC[C@H]5N(CC5CC(CNC(=O)OC(C)(C)C)C5)CCC6)nc4c3F)c12. The van der Waals surface area contributed by atoms with Crippen molar-refractivity contribution in [1.82, 2.24) is 25.2 Å². The van der Waals surface area contributed by atoms with Crippen molar-refractivity contribution in [3.05, 3.63) is 47.7 Å². The van der Waals surface area contributed by atoms with E-state index in [1.165, 1.54) is 30.5 Å². The van der Waals surface area contributed by atoms with Crippen molar-refractivity contribution in [2.75, 3.05) is 57.4 Å². The molecule has 2 aromatic carbocycles. The molecule has 2 aliphatic carbocycles. The number of hydrogen-bond acceptors (Lipinski definition) is 10. The number of carbonyl (C=O) groups is 1. The molecule has 57 heavy (non-hydrogen) atoms. The molecule has 0 bridgehead atoms. The fourth-order valence-electron chi connectivity index (χ4n) is 9.73. The number of amides is 1. The first-order valence-corrected chi connectivity index (χ1v) is 20.4. The zero-order valence-corrected chi connectivity index (χ0v) is 33.1. The standard InChI is InChI=1S/C44H52F2N6O5/c1-5-31-34(45)11-10-29-21-30(53)22-32(36(29)31)38-37(46)39-33(24-47-38)40(51-15-8-17-55-18-16-51)50-41(49-39)56-26-44-12-6-9-35(44)52(14-7-13-44)25-28-19-27(20-28)23-48-42(54)57-43(2,3)4/h1,10-11,21-22,24,27-28,35,53H,6-9,12-20,23,25-26H2,2-4H3,(H,48,54)/t27?,28?,35-,44?/m1/s1. The van der Waals surface area contributed by atoms with E-state index in [0.717, 1.165) is 64.5 Å². The molecule has 4 fully saturated rings. The number of pyridine rings is 1. The quantitative estimate of drug-likeness (QED) is 0.164. The molecule has 4 aromatic rings. The molecule has 2 atom stereocenters. The Kier molecular flexibility index (Phi) is 10.9. The van der Waals surface area contributed by atoms with Gasteiger partial charge in [0.15, 0.2) is 5.82 Å². The van der Waals surface area contributed by atoms with Crippen molar-refractivity contribution in [2.24, 2.45) is 17.3 Å². The number of aromatic hydroxyl groups is 1. The van der Waals surface area contributed by atoms with Crippen LogP contribution in [-0.2, 0) is 9.47 Å². The second-order valence-corrected chi connectivity index (χ2v) is 17.4. The number of anilines is 1. The molecular formula is C44H52F2N6O5. The van der Waals surface area contributed by atoms with Gasteiger partial charge >= 0.3 is 12.1 Å². The summed E-state index contributed by atoms with van der Waals surface area (Å²) in [5.74, 6) is 2.45. The normalized spacial score (nSPS) is 24.1. The molecule has 2 aliphatic heterocycles. The van der Waals surface area contributed by atoms with Crippen LogP contribution in [0.3, 0.4) is 0 Å². The van der Waals surface area contributed by atoms with E-state index in [4.69, 9.17) is 30.6 Å². The van der Waals surface area contributed by atoms with Crippen LogP contribution in [0.15, 0.2) is 30.5 Å². The maximum atomic E-state index is 17.0. The monoisotopic (exact) mass is 782 g/mol. The molecular weight excluding hydrogens is 731 g/mol. The van der Waals surface area contributed by atoms with Crippen molar-refractivity contribution >= 4 is 33.6 Å². The third kappa shape index (κ3) is 8.03. The second-order valence-electron chi connectivity index (χ2n) is 17.4. The van der Waals surface area contributed by atoms with E-state index < -0.39 is 17.2 Å². The molecule has 2 aromatic heterocycles. The average molecular weight is 783 g/mol. The summed E-state index contributed by atoms with van der Waals surface area (Å²) in [6.45, 7) is 11.0. The third-order valence-electron chi connectivity index (χ3n) is 12.3. The summed E-state index contributed by atoms with van der Waals surface area (Å²) < 4.78 is 49.8. The zero-order chi connectivity index (χ0) is 39.9. The van der Waals surface area contributed by atoms with Crippen LogP contribution in [0.2, 0.25) is 0 Å². The molecule has 2 saturated heterocycles. The predicted octanol–water partition coefficient (Wildman–Crippen LogP) is 7.60. The maximum Gasteiger partial charge on any atom is 0.407 e. The average Bonchev–Trinajstić information content (AvgIpc) is 3.41. The Hall–Kier alpha value is -4.80. The molecule has 1 amide bonds. The molecule has 2 saturated carbocycles. The Bertz CT molecular complexity index is 2190. The summed E-state index contributed by atoms with van der Waals surface area (Å²) in [5, 5.41) is 14.7. The highest BCUT2D eigenvalue weighted by molar-refractivity contribution is 6.03. The number of ether oxygens (including phenoxy) is 3. The number of terminal acetylenes is 1. The van der Waals surface area contributed by atoms with E-state index in [1.807, 2.05) is 20.8 Å². The van der Waals surface area contributed by atoms with Gasteiger partial charge in [0.2, 0.25) is 0 Å². The molecule has 8 rings (SSSR count). The Labute approximate surface area is 332 Å². The van der Waals surface area contributed by atoms with Gasteiger partial charge in [-0.3, -0.25) is 9.88 Å². The first kappa shape index (κ1) is 39.0. The molecule has 13 heteroatoms. The van der Waals surface area contributed by atoms with Gasteiger partial charge in [-0.15, -0.1) is 6.42 Å². The summed E-state index contributed by atoms with van der Waals surface area (Å²) in [5.41, 5.74) is -0.565. The molecule has 4 aliphatic rings. The second kappa shape index (κ2) is 15.9. The van der Waals surface area contributed by atoms with Crippen LogP contribution in [0.4, 0.5) is 19.4 Å². The van der Waals surface area contributed by atoms with Crippen LogP contribution < -0.4 is 15.0 Å². The van der Waals surface area contributed by atoms with Gasteiger partial charge in [0, 0.05) is 61.4 Å². The number of rotatable bonds is 9. The topological polar surface area (TPSA) is 122 Å². The first-order chi connectivity index (χ1) is 27.4. The highest BCUT2D eigenvalue weighted by Gasteiger charge is 2.49. The number of phenols is 1. The molecule has 302 valence electrons. The fourth-order valence-corrected chi connectivity index (χ4v) is 9.73. The van der Waals surface area contributed by atoms with Crippen LogP contribution >= 0.6 is 0 Å². The highest BCUT2D eigenvalue weighted by Crippen LogP contribution is 2.49. The summed E-state index contributed by atoms with van der Waals surface area (Å²) in [7, 11) is 0. The largest absolute Gasteiger partial charge is 0.508 e. The third-order valence-corrected chi connectivity index (χ3v) is 12.3. The molecule has 4 heterocycles. The summed E-state index contributed by atoms with van der Waals surface area (Å²) in [6, 6.07) is 6.00. The number of piperidine rings is 1. The van der Waals surface area contributed by atoms with E-state index in [1.54, 1.807) is 0 Å². The van der Waals surface area contributed by atoms with Crippen molar-refractivity contribution in [1.29, 1.82) is 0 Å². The number of alkyl carbamates (subject to hydrolysis) is 1. The number of fused-ring (bicyclic) bond motifs is 3. The molecule has 1 unspecified atom stereocenters. The molecule has 0 spiro atoms. The lowest BCUT2D eigenvalue weighted by Gasteiger charge is -2.49. The van der Waals surface area contributed by atoms with Gasteiger partial charge in [0.05, 0.1) is 24.2 Å². The highest BCUT2D eigenvalue weighted by atomic mass is 19.1. The summed E-state index contributed by atoms with van der Waals surface area (Å²) >= 11 is 0. The lowest BCUT2D eigenvalue weighted by molar-refractivity contribution is -0.0192. The lowest BCUT2D eigenvalue weighted by Crippen LogP contribution is -2.54. The predicted molar refractivity (Wildman–Crippen MR) is 214 cm³/mol. The van der Waals surface area contributed by atoms with Crippen molar-refractivity contribution in [2.45, 2.75) is 83.8 Å². The summed E-state index contributed by atoms with van der Waals surface area (Å²) in [6.07, 6.45) is 15.2. The smallest absolute Gasteiger partial charge is 0.407 e. The van der Waals surface area contributed by atoms with Crippen LogP contribution in [0, 0.1) is 41.2 Å². The van der Waals surface area contributed by atoms with Crippen LogP contribution in [0.1, 0.15) is 77.7 Å². The number of phenolic OH excluding ortho intramolecular Hbond substituents is 1. The first-order valence-electron chi connectivity index (χ1n) is 20.4. The number of nitrogens with zero attached hydrogens (tertiary/aromatic N) is 5. The van der Waals surface area contributed by atoms with Gasteiger partial charge in [-0.2, -0.15) is 9.97 Å². The van der Waals surface area contributed by atoms with Crippen LogP contribution in [-0.4, -0.2) is 95.2 Å². The van der Waals surface area contributed by atoms with Crippen LogP contribution in [0.5, 0.6) is 11.8 Å². The minimum absolute atomic E-state index is 0.0201. The van der Waals surface area contributed by atoms with Gasteiger partial charge < -0.3 is 29.5 Å². The number of carbonyl (C=O) groups excluding carboxylic acids is 1. The lowest BCUT2D eigenvalue weighted by atomic mass is 9.72. The number of halogens is 2. The molecule has 2 N–H and O–H groups in total. The minimum Gasteiger partial charge on any atom is -0.508 e. The van der Waals surface area contributed by atoms with E-state index in [2.05, 4.69) is 26.0 Å². The summed E-state index contributed by atoms with van der Waals surface area (Å²) in [4.78, 5) is 31.1. The van der Waals surface area contributed by atoms with Gasteiger partial charge in [-0.1, -0.05) is 18.4 Å². The number of hydrogen-bond donors (Lipinski definition) is 2. The number of nitrogens with one attached hydrogen (secondary N) is 1. The Morgan fingerprint density at radius 3 is 2.72 bits per heavy atom. The minimum atomic E-state index is -0.743. The molecule has 0 radical (unpaired) electrons. The van der Waals surface area contributed by atoms with Crippen molar-refractivity contribution in [3.8, 4) is 35.4 Å². The fraction of sp³-hybridized carbons (Fsp3) is 0.545. The van der Waals surface area contributed by atoms with Crippen LogP contribution in [0.25, 0.3) is 32.9 Å². The number of likely N-dealkylation sites (tertiary alicyclic amines) is 1.